The van der Waals surface area contributed by atoms with Crippen molar-refractivity contribution in [2.75, 3.05) is 13.9 Å². The van der Waals surface area contributed by atoms with Crippen molar-refractivity contribution in [3.05, 3.63) is 30.3 Å². The minimum Gasteiger partial charge on any atom is -0.508 e. The van der Waals surface area contributed by atoms with Crippen LogP contribution in [0.25, 0.3) is 11.3 Å². The molecule has 0 unspecified atom stereocenters. The number of rotatable bonds is 4. The van der Waals surface area contributed by atoms with Gasteiger partial charge < -0.3 is 19.1 Å². The predicted octanol–water partition coefficient (Wildman–Crippen LogP) is 2.03. The van der Waals surface area contributed by atoms with Gasteiger partial charge in [0.1, 0.15) is 5.75 Å². The molecule has 0 fully saturated rings. The molecular formula is C11H11NO4. The molecule has 84 valence electrons. The molecule has 0 bridgehead atoms. The highest BCUT2D eigenvalue weighted by Gasteiger charge is 2.07. The standard InChI is InChI=1S/C11H11NO4/c1-14-7-15-11-6-10(16-12-11)8-2-4-9(13)5-3-8/h2-6,13H,7H2,1H3. The smallest absolute Gasteiger partial charge is 0.256 e. The van der Waals surface area contributed by atoms with Crippen molar-refractivity contribution in [1.29, 1.82) is 0 Å². The average molecular weight is 221 g/mol. The highest BCUT2D eigenvalue weighted by atomic mass is 16.7. The second-order valence-corrected chi connectivity index (χ2v) is 3.13. The molecule has 0 amide bonds. The zero-order valence-electron chi connectivity index (χ0n) is 8.71. The third-order valence-corrected chi connectivity index (χ3v) is 1.97. The van der Waals surface area contributed by atoms with Crippen LogP contribution >= 0.6 is 0 Å². The summed E-state index contributed by atoms with van der Waals surface area (Å²) in [6.07, 6.45) is 0. The molecule has 2 aromatic rings. The molecule has 2 rings (SSSR count). The van der Waals surface area contributed by atoms with E-state index in [2.05, 4.69) is 5.16 Å². The zero-order chi connectivity index (χ0) is 11.4. The molecule has 0 aliphatic carbocycles. The number of ether oxygens (including phenoxy) is 2. The van der Waals surface area contributed by atoms with Crippen LogP contribution in [0.3, 0.4) is 0 Å². The molecule has 1 N–H and O–H groups in total. The molecule has 0 radical (unpaired) electrons. The number of phenolic OH excluding ortho intramolecular Hbond substituents is 1. The number of methoxy groups -OCH3 is 1. The largest absolute Gasteiger partial charge is 0.508 e. The molecule has 1 heterocycles. The molecule has 0 aliphatic heterocycles. The molecule has 0 atom stereocenters. The Labute approximate surface area is 92.2 Å². The fourth-order valence-electron chi connectivity index (χ4n) is 1.21. The van der Waals surface area contributed by atoms with E-state index in [0.717, 1.165) is 5.56 Å². The number of hydrogen-bond donors (Lipinski definition) is 1. The van der Waals surface area contributed by atoms with Gasteiger partial charge >= 0.3 is 0 Å². The van der Waals surface area contributed by atoms with Crippen LogP contribution in [0.1, 0.15) is 0 Å². The van der Waals surface area contributed by atoms with Crippen LogP contribution in [-0.2, 0) is 4.74 Å². The van der Waals surface area contributed by atoms with E-state index in [1.54, 1.807) is 30.3 Å². The number of hydrogen-bond acceptors (Lipinski definition) is 5. The van der Waals surface area contributed by atoms with Gasteiger partial charge in [-0.1, -0.05) is 0 Å². The van der Waals surface area contributed by atoms with Crippen molar-refractivity contribution in [2.45, 2.75) is 0 Å². The van der Waals surface area contributed by atoms with Crippen molar-refractivity contribution in [1.82, 2.24) is 5.16 Å². The minimum atomic E-state index is 0.127. The Morgan fingerprint density at radius 2 is 2.06 bits per heavy atom. The summed E-state index contributed by atoms with van der Waals surface area (Å²) in [7, 11) is 1.53. The van der Waals surface area contributed by atoms with Gasteiger partial charge in [0.15, 0.2) is 12.6 Å². The number of nitrogens with zero attached hydrogens (tertiary/aromatic N) is 1. The van der Waals surface area contributed by atoms with E-state index in [1.807, 2.05) is 0 Å². The Morgan fingerprint density at radius 3 is 2.75 bits per heavy atom. The maximum absolute atomic E-state index is 9.14. The summed E-state index contributed by atoms with van der Waals surface area (Å²) >= 11 is 0. The van der Waals surface area contributed by atoms with E-state index in [9.17, 15) is 0 Å². The number of phenols is 1. The monoisotopic (exact) mass is 221 g/mol. The first-order chi connectivity index (χ1) is 7.79. The Morgan fingerprint density at radius 1 is 1.31 bits per heavy atom. The molecular weight excluding hydrogens is 210 g/mol. The van der Waals surface area contributed by atoms with Crippen LogP contribution in [0.15, 0.2) is 34.9 Å². The normalized spacial score (nSPS) is 10.3. The van der Waals surface area contributed by atoms with E-state index in [4.69, 9.17) is 19.1 Å². The van der Waals surface area contributed by atoms with Crippen LogP contribution in [0.4, 0.5) is 0 Å². The van der Waals surface area contributed by atoms with Gasteiger partial charge in [0, 0.05) is 18.7 Å². The molecule has 5 nitrogen and oxygen atoms in total. The van der Waals surface area contributed by atoms with E-state index < -0.39 is 0 Å². The lowest BCUT2D eigenvalue weighted by Crippen LogP contribution is -1.98. The zero-order valence-corrected chi connectivity index (χ0v) is 8.71. The van der Waals surface area contributed by atoms with Gasteiger partial charge in [-0.2, -0.15) is 0 Å². The Kier molecular flexibility index (Phi) is 3.07. The van der Waals surface area contributed by atoms with Crippen LogP contribution < -0.4 is 4.74 Å². The summed E-state index contributed by atoms with van der Waals surface area (Å²) in [5, 5.41) is 12.9. The first kappa shape index (κ1) is 10.5. The van der Waals surface area contributed by atoms with E-state index in [-0.39, 0.29) is 12.5 Å². The maximum Gasteiger partial charge on any atom is 0.256 e. The van der Waals surface area contributed by atoms with Crippen LogP contribution in [0.2, 0.25) is 0 Å². The van der Waals surface area contributed by atoms with Crippen molar-refractivity contribution >= 4 is 0 Å². The molecule has 16 heavy (non-hydrogen) atoms. The predicted molar refractivity (Wildman–Crippen MR) is 56.1 cm³/mol. The van der Waals surface area contributed by atoms with E-state index in [0.29, 0.717) is 11.6 Å². The molecule has 0 saturated carbocycles. The lowest BCUT2D eigenvalue weighted by Gasteiger charge is -1.96. The summed E-state index contributed by atoms with van der Waals surface area (Å²) in [6, 6.07) is 8.28. The number of aromatic hydroxyl groups is 1. The van der Waals surface area contributed by atoms with Crippen LogP contribution in [0, 0.1) is 0 Å². The van der Waals surface area contributed by atoms with Gasteiger partial charge in [0.25, 0.3) is 5.88 Å². The average Bonchev–Trinajstić information content (AvgIpc) is 2.76. The fraction of sp³-hybridized carbons (Fsp3) is 0.182. The number of aromatic nitrogens is 1. The van der Waals surface area contributed by atoms with Gasteiger partial charge in [0.05, 0.1) is 0 Å². The summed E-state index contributed by atoms with van der Waals surface area (Å²) in [4.78, 5) is 0. The molecule has 0 aliphatic rings. The summed E-state index contributed by atoms with van der Waals surface area (Å²) < 4.78 is 14.9. The van der Waals surface area contributed by atoms with Gasteiger partial charge in [-0.05, 0) is 29.4 Å². The molecule has 1 aromatic heterocycles. The molecule has 0 spiro atoms. The van der Waals surface area contributed by atoms with Crippen molar-refractivity contribution in [3.8, 4) is 23.0 Å². The van der Waals surface area contributed by atoms with Crippen molar-refractivity contribution in [2.24, 2.45) is 0 Å². The summed E-state index contributed by atoms with van der Waals surface area (Å²) in [5.41, 5.74) is 0.817. The summed E-state index contributed by atoms with van der Waals surface area (Å²) in [6.45, 7) is 0.127. The topological polar surface area (TPSA) is 64.7 Å². The number of benzene rings is 1. The van der Waals surface area contributed by atoms with E-state index in [1.165, 1.54) is 7.11 Å². The van der Waals surface area contributed by atoms with Gasteiger partial charge in [-0.25, -0.2) is 0 Å². The van der Waals surface area contributed by atoms with Crippen LogP contribution in [0.5, 0.6) is 11.6 Å². The quantitative estimate of drug-likeness (QED) is 0.800. The maximum atomic E-state index is 9.14. The SMILES string of the molecule is COCOc1cc(-c2ccc(O)cc2)on1. The third kappa shape index (κ3) is 2.32. The molecule has 1 aromatic carbocycles. The molecule has 5 heteroatoms. The lowest BCUT2D eigenvalue weighted by atomic mass is 10.2. The highest BCUT2D eigenvalue weighted by Crippen LogP contribution is 2.24. The van der Waals surface area contributed by atoms with E-state index >= 15 is 0 Å². The van der Waals surface area contributed by atoms with Gasteiger partial charge in [0.2, 0.25) is 0 Å². The Bertz CT molecular complexity index is 449. The molecule has 0 saturated heterocycles. The minimum absolute atomic E-state index is 0.127. The fourth-order valence-corrected chi connectivity index (χ4v) is 1.21. The Balaban J connectivity index is 2.15. The van der Waals surface area contributed by atoms with Crippen molar-refractivity contribution < 1.29 is 19.1 Å². The highest BCUT2D eigenvalue weighted by molar-refractivity contribution is 5.58. The second kappa shape index (κ2) is 4.67. The van der Waals surface area contributed by atoms with Gasteiger partial charge in [-0.15, -0.1) is 0 Å². The van der Waals surface area contributed by atoms with Crippen LogP contribution in [-0.4, -0.2) is 24.2 Å². The first-order valence-corrected chi connectivity index (χ1v) is 4.67. The Hall–Kier alpha value is -2.01. The third-order valence-electron chi connectivity index (χ3n) is 1.97. The lowest BCUT2D eigenvalue weighted by molar-refractivity contribution is 0.0453. The van der Waals surface area contributed by atoms with Gasteiger partial charge in [-0.3, -0.25) is 0 Å². The second-order valence-electron chi connectivity index (χ2n) is 3.13. The van der Waals surface area contributed by atoms with Crippen molar-refractivity contribution in [3.63, 3.8) is 0 Å². The summed E-state index contributed by atoms with van der Waals surface area (Å²) in [5.74, 6) is 1.15. The first-order valence-electron chi connectivity index (χ1n) is 4.67.